The normalized spacial score (nSPS) is 9.56. The van der Waals surface area contributed by atoms with E-state index in [0.29, 0.717) is 11.8 Å². The molecule has 0 aromatic heterocycles. The molecule has 4 aromatic rings. The molecule has 0 spiro atoms. The van der Waals surface area contributed by atoms with E-state index in [1.54, 1.807) is 0 Å². The molecule has 0 fully saturated rings. The second kappa shape index (κ2) is 20.8. The molecule has 0 heterocycles. The fourth-order valence-corrected chi connectivity index (χ4v) is 4.13. The van der Waals surface area contributed by atoms with Crippen molar-refractivity contribution >= 4 is 9.52 Å². The van der Waals surface area contributed by atoms with Gasteiger partial charge in [-0.2, -0.15) is 46.5 Å². The van der Waals surface area contributed by atoms with Gasteiger partial charge < -0.3 is 24.8 Å². The Balaban J connectivity index is 0. The van der Waals surface area contributed by atoms with E-state index in [2.05, 4.69) is 139 Å². The molecule has 1 radical (unpaired) electrons. The maximum atomic E-state index is 2.28. The molecule has 36 heavy (non-hydrogen) atoms. The molecule has 0 aliphatic carbocycles. The summed E-state index contributed by atoms with van der Waals surface area (Å²) in [6, 6.07) is 37.3. The van der Waals surface area contributed by atoms with Crippen LogP contribution in [0.3, 0.4) is 0 Å². The zero-order chi connectivity index (χ0) is 24.1. The molecular formula is C32H41Cl2SiZr. The molecule has 4 heteroatoms. The number of benzene rings is 2. The Morgan fingerprint density at radius 1 is 0.583 bits per heavy atom. The number of hydrogen-bond acceptors (Lipinski definition) is 0. The molecule has 0 N–H and O–H groups in total. The van der Waals surface area contributed by atoms with Gasteiger partial charge in [0.15, 0.2) is 0 Å². The molecule has 0 bridgehead atoms. The standard InChI is InChI=1S/2C14H15.C4H11Si.2ClH.Zr/c2*1-11(2)13-8-9-14(10-13)12-6-4-3-5-7-12;1-3-5-4-2;;;/h2*3-11H,1-2H3;5H,3-4H2,1-2H3;2*1H;/q2*-1;;;;+4/p-2. The van der Waals surface area contributed by atoms with E-state index in [9.17, 15) is 0 Å². The molecule has 0 aliphatic heterocycles. The van der Waals surface area contributed by atoms with E-state index in [1.807, 2.05) is 0 Å². The molecule has 191 valence electrons. The van der Waals surface area contributed by atoms with Crippen LogP contribution in [0.2, 0.25) is 12.1 Å². The first-order valence-electron chi connectivity index (χ1n) is 12.4. The third kappa shape index (κ3) is 12.9. The van der Waals surface area contributed by atoms with Crippen LogP contribution in [0.25, 0.3) is 22.3 Å². The van der Waals surface area contributed by atoms with Crippen LogP contribution in [0.1, 0.15) is 64.5 Å². The summed E-state index contributed by atoms with van der Waals surface area (Å²) in [5, 5.41) is 0. The smallest absolute Gasteiger partial charge is 1.00 e. The van der Waals surface area contributed by atoms with E-state index < -0.39 is 0 Å². The molecule has 0 amide bonds. The summed E-state index contributed by atoms with van der Waals surface area (Å²) in [6.45, 7) is 13.4. The maximum absolute atomic E-state index is 2.28. The zero-order valence-corrected chi connectivity index (χ0v) is 27.8. The van der Waals surface area contributed by atoms with Gasteiger partial charge in [-0.05, 0) is 11.8 Å². The maximum Gasteiger partial charge on any atom is 4.00 e. The topological polar surface area (TPSA) is 0 Å². The Labute approximate surface area is 254 Å². The van der Waals surface area contributed by atoms with Gasteiger partial charge in [-0.25, -0.2) is 12.1 Å². The third-order valence-electron chi connectivity index (χ3n) is 5.68. The van der Waals surface area contributed by atoms with E-state index >= 15 is 0 Å². The largest absolute Gasteiger partial charge is 4.00 e. The first kappa shape index (κ1) is 37.0. The summed E-state index contributed by atoms with van der Waals surface area (Å²) in [5.41, 5.74) is 8.11. The van der Waals surface area contributed by atoms with Gasteiger partial charge in [0, 0.05) is 9.52 Å². The van der Waals surface area contributed by atoms with Gasteiger partial charge in [0.25, 0.3) is 0 Å². The minimum Gasteiger partial charge on any atom is -1.00 e. The van der Waals surface area contributed by atoms with Crippen LogP contribution < -0.4 is 24.8 Å². The van der Waals surface area contributed by atoms with Crippen LogP contribution in [0.15, 0.2) is 97.1 Å². The minimum absolute atomic E-state index is 0. The Morgan fingerprint density at radius 2 is 0.917 bits per heavy atom. The van der Waals surface area contributed by atoms with Crippen molar-refractivity contribution in [2.75, 3.05) is 0 Å². The van der Waals surface area contributed by atoms with Crippen LogP contribution in [0.5, 0.6) is 0 Å². The van der Waals surface area contributed by atoms with Crippen LogP contribution >= 0.6 is 0 Å². The SMILES string of the molecule is CC(C)c1cc(-c2ccccc2)c[cH-]1.CC(C)c1cc(-c2ccccc2)c[cH-]1.CC[SiH]CC.[Cl-].[Cl-].[Zr+4]. The first-order valence-corrected chi connectivity index (χ1v) is 14.0. The van der Waals surface area contributed by atoms with Crippen LogP contribution in [0, 0.1) is 0 Å². The summed E-state index contributed by atoms with van der Waals surface area (Å²) in [6.07, 6.45) is 0. The summed E-state index contributed by atoms with van der Waals surface area (Å²) >= 11 is 0. The Hall–Kier alpha value is -1.18. The van der Waals surface area contributed by atoms with Gasteiger partial charge in [0.05, 0.1) is 0 Å². The second-order valence-electron chi connectivity index (χ2n) is 9.01. The Kier molecular flexibility index (Phi) is 21.4. The van der Waals surface area contributed by atoms with E-state index in [0.717, 1.165) is 9.52 Å². The van der Waals surface area contributed by atoms with Gasteiger partial charge in [-0.1, -0.05) is 125 Å². The predicted octanol–water partition coefficient (Wildman–Crippen LogP) is 3.70. The average molecular weight is 616 g/mol. The zero-order valence-electron chi connectivity index (χ0n) is 22.6. The molecule has 4 aromatic carbocycles. The molecule has 4 rings (SSSR count). The van der Waals surface area contributed by atoms with Gasteiger partial charge in [0.1, 0.15) is 0 Å². The van der Waals surface area contributed by atoms with Crippen LogP contribution in [-0.4, -0.2) is 9.52 Å². The van der Waals surface area contributed by atoms with E-state index in [1.165, 1.54) is 45.5 Å². The number of halogens is 2. The summed E-state index contributed by atoms with van der Waals surface area (Å²) in [5.74, 6) is 1.24. The quantitative estimate of drug-likeness (QED) is 0.229. The molecule has 0 atom stereocenters. The van der Waals surface area contributed by atoms with Gasteiger partial charge in [-0.15, -0.1) is 0 Å². The van der Waals surface area contributed by atoms with E-state index in [4.69, 9.17) is 0 Å². The fourth-order valence-electron chi connectivity index (χ4n) is 3.55. The van der Waals surface area contributed by atoms with Crippen molar-refractivity contribution in [2.24, 2.45) is 0 Å². The van der Waals surface area contributed by atoms with Gasteiger partial charge in [0.2, 0.25) is 0 Å². The summed E-state index contributed by atoms with van der Waals surface area (Å²) in [4.78, 5) is 0. The fraction of sp³-hybridized carbons (Fsp3) is 0.312. The molecule has 0 saturated carbocycles. The van der Waals surface area contributed by atoms with Crippen molar-refractivity contribution in [3.05, 3.63) is 108 Å². The summed E-state index contributed by atoms with van der Waals surface area (Å²) < 4.78 is 0. The number of hydrogen-bond donors (Lipinski definition) is 0. The van der Waals surface area contributed by atoms with Gasteiger partial charge in [-0.3, -0.25) is 0 Å². The number of rotatable bonds is 6. The van der Waals surface area contributed by atoms with Crippen molar-refractivity contribution in [3.63, 3.8) is 0 Å². The Morgan fingerprint density at radius 3 is 1.14 bits per heavy atom. The molecular weight excluding hydrogens is 575 g/mol. The summed E-state index contributed by atoms with van der Waals surface area (Å²) in [7, 11) is 0.815. The van der Waals surface area contributed by atoms with Crippen molar-refractivity contribution in [3.8, 4) is 22.3 Å². The van der Waals surface area contributed by atoms with Crippen molar-refractivity contribution in [1.82, 2.24) is 0 Å². The molecule has 0 saturated heterocycles. The van der Waals surface area contributed by atoms with Gasteiger partial charge >= 0.3 is 26.2 Å². The van der Waals surface area contributed by atoms with Crippen LogP contribution in [0.4, 0.5) is 0 Å². The first-order chi connectivity index (χ1) is 16.0. The average Bonchev–Trinajstić information content (AvgIpc) is 3.52. The van der Waals surface area contributed by atoms with Crippen LogP contribution in [-0.2, 0) is 26.2 Å². The molecule has 0 aliphatic rings. The third-order valence-corrected chi connectivity index (χ3v) is 6.83. The van der Waals surface area contributed by atoms with Crippen molar-refractivity contribution < 1.29 is 51.0 Å². The van der Waals surface area contributed by atoms with Crippen molar-refractivity contribution in [1.29, 1.82) is 0 Å². The molecule has 0 unspecified atom stereocenters. The predicted molar refractivity (Wildman–Crippen MR) is 151 cm³/mol. The monoisotopic (exact) mass is 613 g/mol. The van der Waals surface area contributed by atoms with E-state index in [-0.39, 0.29) is 51.0 Å². The Bertz CT molecular complexity index is 937. The molecule has 0 nitrogen and oxygen atoms in total. The minimum atomic E-state index is 0. The second-order valence-corrected chi connectivity index (χ2v) is 11.2. The van der Waals surface area contributed by atoms with Crippen molar-refractivity contribution in [2.45, 2.75) is 65.5 Å².